The Morgan fingerprint density at radius 3 is 2.75 bits per heavy atom. The molecule has 86 valence electrons. The van der Waals surface area contributed by atoms with Gasteiger partial charge in [0.25, 0.3) is 0 Å². The third-order valence-corrected chi connectivity index (χ3v) is 3.87. The first-order valence-corrected chi connectivity index (χ1v) is 6.93. The number of hydrogen-bond acceptors (Lipinski definition) is 3. The topological polar surface area (TPSA) is 83.8 Å². The van der Waals surface area contributed by atoms with Crippen molar-refractivity contribution in [3.63, 3.8) is 0 Å². The Balaban J connectivity index is 2.53. The summed E-state index contributed by atoms with van der Waals surface area (Å²) >= 11 is 3.13. The summed E-state index contributed by atoms with van der Waals surface area (Å²) in [6.07, 6.45) is 0. The van der Waals surface area contributed by atoms with Crippen LogP contribution in [0.2, 0.25) is 0 Å². The van der Waals surface area contributed by atoms with Gasteiger partial charge in [-0.25, -0.2) is 0 Å². The van der Waals surface area contributed by atoms with Gasteiger partial charge < -0.3 is 14.5 Å². The maximum Gasteiger partial charge on any atom is 0.356 e. The fourth-order valence-corrected chi connectivity index (χ4v) is 2.37. The van der Waals surface area contributed by atoms with Gasteiger partial charge in [-0.1, -0.05) is 15.9 Å². The minimum atomic E-state index is -4.33. The van der Waals surface area contributed by atoms with E-state index in [1.165, 1.54) is 18.2 Å². The van der Waals surface area contributed by atoms with Gasteiger partial charge in [-0.15, -0.1) is 0 Å². The van der Waals surface area contributed by atoms with Gasteiger partial charge in [0, 0.05) is 0 Å². The van der Waals surface area contributed by atoms with Crippen molar-refractivity contribution in [2.24, 2.45) is 0 Å². The minimum Gasteiger partial charge on any atom is -0.491 e. The number of halogens is 1. The van der Waals surface area contributed by atoms with Crippen LogP contribution in [0.1, 0.15) is 10.4 Å². The highest BCUT2D eigenvalue weighted by molar-refractivity contribution is 9.10. The molecule has 0 saturated heterocycles. The summed E-state index contributed by atoms with van der Waals surface area (Å²) in [6, 6.07) is 3.86. The summed E-state index contributed by atoms with van der Waals surface area (Å²) in [6.45, 7) is 0.223. The molecule has 0 aliphatic carbocycles. The number of Topliss-reactive ketones (excluding diaryl/α,β-unsaturated/α-hetero) is 1. The fraction of sp³-hybridized carbons (Fsp3) is 0.222. The number of hydrogen-bond donors (Lipinski definition) is 2. The van der Waals surface area contributed by atoms with E-state index in [1.54, 1.807) is 0 Å². The molecule has 0 radical (unpaired) electrons. The van der Waals surface area contributed by atoms with Crippen LogP contribution in [0.15, 0.2) is 18.2 Å². The Hall–Kier alpha value is -0.680. The van der Waals surface area contributed by atoms with E-state index in [2.05, 4.69) is 15.9 Å². The van der Waals surface area contributed by atoms with Crippen LogP contribution in [0.3, 0.4) is 0 Å². The molecule has 5 nitrogen and oxygen atoms in total. The minimum absolute atomic E-state index is 0.176. The summed E-state index contributed by atoms with van der Waals surface area (Å²) in [5.74, 6) is 0.134. The standard InChI is InChI=1S/C9H8BrO5P/c10-7-4-15-8-2-1-5(16(12,13)14)3-6(8)9(7)11/h1-3,7H,4H2,(H2,12,13,14). The molecule has 0 amide bonds. The molecular weight excluding hydrogens is 299 g/mol. The SMILES string of the molecule is O=C1c2cc(P(=O)(O)O)ccc2OCC1Br. The van der Waals surface area contributed by atoms with E-state index in [-0.39, 0.29) is 23.3 Å². The van der Waals surface area contributed by atoms with Crippen molar-refractivity contribution in [1.29, 1.82) is 0 Å². The molecule has 0 spiro atoms. The molecule has 1 atom stereocenters. The van der Waals surface area contributed by atoms with Crippen LogP contribution in [0.4, 0.5) is 0 Å². The van der Waals surface area contributed by atoms with Crippen LogP contribution in [0, 0.1) is 0 Å². The Kier molecular flexibility index (Phi) is 2.92. The summed E-state index contributed by atoms with van der Waals surface area (Å²) in [5, 5.41) is -0.176. The number of ketones is 1. The van der Waals surface area contributed by atoms with Crippen molar-refractivity contribution in [1.82, 2.24) is 0 Å². The molecule has 0 saturated carbocycles. The molecule has 1 aliphatic rings. The smallest absolute Gasteiger partial charge is 0.356 e. The van der Waals surface area contributed by atoms with E-state index in [0.29, 0.717) is 5.75 Å². The van der Waals surface area contributed by atoms with Crippen LogP contribution in [0.5, 0.6) is 5.75 Å². The number of ether oxygens (including phenoxy) is 1. The molecule has 7 heteroatoms. The van der Waals surface area contributed by atoms with Gasteiger partial charge >= 0.3 is 7.60 Å². The number of benzene rings is 1. The molecule has 2 rings (SSSR count). The van der Waals surface area contributed by atoms with Crippen LogP contribution in [-0.2, 0) is 4.57 Å². The molecule has 16 heavy (non-hydrogen) atoms. The van der Waals surface area contributed by atoms with Gasteiger partial charge in [0.05, 0.1) is 10.9 Å². The van der Waals surface area contributed by atoms with E-state index < -0.39 is 12.4 Å². The summed E-state index contributed by atoms with van der Waals surface area (Å²) in [5.41, 5.74) is 0.203. The second-order valence-electron chi connectivity index (χ2n) is 3.37. The lowest BCUT2D eigenvalue weighted by Crippen LogP contribution is -2.28. The molecule has 1 aromatic carbocycles. The van der Waals surface area contributed by atoms with Crippen LogP contribution < -0.4 is 10.0 Å². The molecule has 1 unspecified atom stereocenters. The average Bonchev–Trinajstić information content (AvgIpc) is 2.22. The first-order chi connectivity index (χ1) is 7.39. The third kappa shape index (κ3) is 2.06. The normalized spacial score (nSPS) is 20.2. The predicted octanol–water partition coefficient (Wildman–Crippen LogP) is 0.828. The number of rotatable bonds is 1. The third-order valence-electron chi connectivity index (χ3n) is 2.23. The second-order valence-corrected chi connectivity index (χ2v) is 6.08. The lowest BCUT2D eigenvalue weighted by molar-refractivity contribution is 0.0946. The number of alkyl halides is 1. The maximum absolute atomic E-state index is 11.7. The number of fused-ring (bicyclic) bond motifs is 1. The monoisotopic (exact) mass is 306 g/mol. The molecule has 2 N–H and O–H groups in total. The summed E-state index contributed by atoms with van der Waals surface area (Å²) in [4.78, 5) is 29.2. The Morgan fingerprint density at radius 1 is 1.44 bits per heavy atom. The van der Waals surface area contributed by atoms with Crippen LogP contribution in [-0.4, -0.2) is 27.0 Å². The number of carbonyl (C=O) groups is 1. The largest absolute Gasteiger partial charge is 0.491 e. The van der Waals surface area contributed by atoms with Gasteiger partial charge in [-0.05, 0) is 18.2 Å². The molecular formula is C9H8BrO5P. The number of carbonyl (C=O) groups excluding carboxylic acids is 1. The van der Waals surface area contributed by atoms with Gasteiger partial charge in [0.2, 0.25) is 0 Å². The highest BCUT2D eigenvalue weighted by Gasteiger charge is 2.29. The highest BCUT2D eigenvalue weighted by atomic mass is 79.9. The Labute approximate surface area is 99.7 Å². The van der Waals surface area contributed by atoms with E-state index in [1.807, 2.05) is 0 Å². The average molecular weight is 307 g/mol. The molecule has 1 aromatic rings. The Bertz CT molecular complexity index is 495. The van der Waals surface area contributed by atoms with Crippen LogP contribution in [0.25, 0.3) is 0 Å². The first-order valence-electron chi connectivity index (χ1n) is 4.41. The van der Waals surface area contributed by atoms with E-state index in [0.717, 1.165) is 0 Å². The van der Waals surface area contributed by atoms with Crippen molar-refractivity contribution < 1.29 is 23.9 Å². The lowest BCUT2D eigenvalue weighted by atomic mass is 10.1. The van der Waals surface area contributed by atoms with Crippen molar-refractivity contribution >= 4 is 34.6 Å². The fourth-order valence-electron chi connectivity index (χ4n) is 1.42. The molecule has 1 heterocycles. The van der Waals surface area contributed by atoms with E-state index in [4.69, 9.17) is 14.5 Å². The van der Waals surface area contributed by atoms with Gasteiger partial charge in [0.1, 0.15) is 17.2 Å². The zero-order chi connectivity index (χ0) is 11.9. The lowest BCUT2D eigenvalue weighted by Gasteiger charge is -2.20. The van der Waals surface area contributed by atoms with Crippen LogP contribution >= 0.6 is 23.5 Å². The molecule has 0 fully saturated rings. The van der Waals surface area contributed by atoms with E-state index >= 15 is 0 Å². The summed E-state index contributed by atoms with van der Waals surface area (Å²) in [7, 11) is -4.33. The molecule has 0 aromatic heterocycles. The molecule has 0 bridgehead atoms. The highest BCUT2D eigenvalue weighted by Crippen LogP contribution is 2.36. The van der Waals surface area contributed by atoms with Crippen molar-refractivity contribution in [2.45, 2.75) is 4.83 Å². The maximum atomic E-state index is 11.7. The van der Waals surface area contributed by atoms with Gasteiger partial charge in [0.15, 0.2) is 5.78 Å². The first kappa shape index (κ1) is 11.8. The zero-order valence-electron chi connectivity index (χ0n) is 7.96. The van der Waals surface area contributed by atoms with Gasteiger partial charge in [-0.3, -0.25) is 9.36 Å². The van der Waals surface area contributed by atoms with Crippen molar-refractivity contribution in [2.75, 3.05) is 6.61 Å². The van der Waals surface area contributed by atoms with E-state index in [9.17, 15) is 9.36 Å². The van der Waals surface area contributed by atoms with Crippen molar-refractivity contribution in [3.05, 3.63) is 23.8 Å². The van der Waals surface area contributed by atoms with Gasteiger partial charge in [-0.2, -0.15) is 0 Å². The Morgan fingerprint density at radius 2 is 2.12 bits per heavy atom. The zero-order valence-corrected chi connectivity index (χ0v) is 10.4. The quantitative estimate of drug-likeness (QED) is 0.593. The second kappa shape index (κ2) is 3.96. The van der Waals surface area contributed by atoms with Crippen molar-refractivity contribution in [3.8, 4) is 5.75 Å². The summed E-state index contributed by atoms with van der Waals surface area (Å²) < 4.78 is 16.3. The predicted molar refractivity (Wildman–Crippen MR) is 60.7 cm³/mol. The molecule has 1 aliphatic heterocycles.